The second-order valence-electron chi connectivity index (χ2n) is 8.45. The molecule has 1 atom stereocenters. The summed E-state index contributed by atoms with van der Waals surface area (Å²) >= 11 is 0. The summed E-state index contributed by atoms with van der Waals surface area (Å²) in [7, 11) is 1.64. The Bertz CT molecular complexity index is 724. The topological polar surface area (TPSA) is 71.1 Å². The molecular formula is C22H31N3O4. The summed E-state index contributed by atoms with van der Waals surface area (Å²) in [5, 5.41) is 3.02. The first-order valence-corrected chi connectivity index (χ1v) is 10.6. The zero-order valence-electron chi connectivity index (χ0n) is 17.2. The Kier molecular flexibility index (Phi) is 5.94. The van der Waals surface area contributed by atoms with Crippen LogP contribution in [0.4, 0.5) is 4.79 Å². The number of hydrogen-bond acceptors (Lipinski definition) is 4. The Morgan fingerprint density at radius 1 is 1.14 bits per heavy atom. The van der Waals surface area contributed by atoms with Gasteiger partial charge in [0.2, 0.25) is 5.91 Å². The molecule has 3 amide bonds. The van der Waals surface area contributed by atoms with Crippen molar-refractivity contribution in [3.63, 3.8) is 0 Å². The number of carbonyl (C=O) groups excluding carboxylic acids is 2. The Morgan fingerprint density at radius 2 is 1.83 bits per heavy atom. The van der Waals surface area contributed by atoms with Crippen LogP contribution in [-0.4, -0.2) is 68.2 Å². The summed E-state index contributed by atoms with van der Waals surface area (Å²) in [6.45, 7) is 4.65. The molecule has 0 radical (unpaired) electrons. The van der Waals surface area contributed by atoms with Gasteiger partial charge in [-0.15, -0.1) is 0 Å². The van der Waals surface area contributed by atoms with E-state index in [1.807, 2.05) is 34.1 Å². The molecule has 3 aliphatic heterocycles. The Balaban J connectivity index is 1.41. The van der Waals surface area contributed by atoms with E-state index in [1.54, 1.807) is 7.11 Å². The second-order valence-corrected chi connectivity index (χ2v) is 8.45. The molecule has 3 fully saturated rings. The quantitative estimate of drug-likeness (QED) is 0.840. The number of urea groups is 1. The molecule has 0 bridgehead atoms. The van der Waals surface area contributed by atoms with E-state index in [9.17, 15) is 9.59 Å². The number of hydrogen-bond donors (Lipinski definition) is 1. The van der Waals surface area contributed by atoms with E-state index < -0.39 is 0 Å². The van der Waals surface area contributed by atoms with Crippen LogP contribution in [0.2, 0.25) is 0 Å². The average molecular weight is 402 g/mol. The number of likely N-dealkylation sites (tertiary alicyclic amines) is 2. The highest BCUT2D eigenvalue weighted by atomic mass is 16.5. The summed E-state index contributed by atoms with van der Waals surface area (Å²) in [4.78, 5) is 30.0. The number of carbonyl (C=O) groups is 2. The molecule has 3 saturated heterocycles. The zero-order valence-corrected chi connectivity index (χ0v) is 17.2. The van der Waals surface area contributed by atoms with Crippen LogP contribution in [0.1, 0.15) is 31.2 Å². The molecule has 3 heterocycles. The first-order valence-electron chi connectivity index (χ1n) is 10.6. The molecular weight excluding hydrogens is 370 g/mol. The molecule has 1 aromatic rings. The van der Waals surface area contributed by atoms with Gasteiger partial charge in [-0.3, -0.25) is 4.79 Å². The van der Waals surface area contributed by atoms with Crippen molar-refractivity contribution in [2.45, 2.75) is 32.2 Å². The fourth-order valence-corrected chi connectivity index (χ4v) is 4.94. The molecule has 4 rings (SSSR count). The van der Waals surface area contributed by atoms with Gasteiger partial charge in [-0.1, -0.05) is 12.1 Å². The van der Waals surface area contributed by atoms with Crippen LogP contribution in [0.15, 0.2) is 24.3 Å². The standard InChI is InChI=1S/C22H31N3O4/c1-28-18-6-4-17(5-7-18)14-23-21(27)25-15-19(20(26)24-10-2-3-11-24)22(16-25)8-12-29-13-9-22/h4-7,19H,2-3,8-16H2,1H3,(H,23,27). The van der Waals surface area contributed by atoms with Gasteiger partial charge in [0, 0.05) is 51.4 Å². The largest absolute Gasteiger partial charge is 0.497 e. The molecule has 29 heavy (non-hydrogen) atoms. The first-order chi connectivity index (χ1) is 14.1. The first kappa shape index (κ1) is 20.0. The van der Waals surface area contributed by atoms with Crippen LogP contribution >= 0.6 is 0 Å². The van der Waals surface area contributed by atoms with E-state index in [0.717, 1.165) is 50.1 Å². The van der Waals surface area contributed by atoms with Crippen LogP contribution < -0.4 is 10.1 Å². The summed E-state index contributed by atoms with van der Waals surface area (Å²) in [6.07, 6.45) is 3.86. The number of amides is 3. The van der Waals surface area contributed by atoms with Gasteiger partial charge in [0.05, 0.1) is 13.0 Å². The lowest BCUT2D eigenvalue weighted by molar-refractivity contribution is -0.139. The normalized spacial score (nSPS) is 23.4. The lowest BCUT2D eigenvalue weighted by Crippen LogP contribution is -2.45. The Morgan fingerprint density at radius 3 is 2.48 bits per heavy atom. The van der Waals surface area contributed by atoms with Crippen molar-refractivity contribution in [3.05, 3.63) is 29.8 Å². The molecule has 3 aliphatic rings. The SMILES string of the molecule is COc1ccc(CNC(=O)N2CC(C(=O)N3CCCC3)C3(CCOCC3)C2)cc1. The maximum atomic E-state index is 13.2. The summed E-state index contributed by atoms with van der Waals surface area (Å²) in [6, 6.07) is 7.58. The van der Waals surface area contributed by atoms with E-state index >= 15 is 0 Å². The van der Waals surface area contributed by atoms with Gasteiger partial charge in [0.1, 0.15) is 5.75 Å². The third-order valence-corrected chi connectivity index (χ3v) is 6.74. The van der Waals surface area contributed by atoms with Crippen molar-refractivity contribution in [2.75, 3.05) is 46.5 Å². The molecule has 158 valence electrons. The van der Waals surface area contributed by atoms with Crippen LogP contribution in [-0.2, 0) is 16.1 Å². The minimum absolute atomic E-state index is 0.0941. The summed E-state index contributed by atoms with van der Waals surface area (Å²) < 4.78 is 10.7. The number of methoxy groups -OCH3 is 1. The molecule has 1 N–H and O–H groups in total. The smallest absolute Gasteiger partial charge is 0.317 e. The van der Waals surface area contributed by atoms with Crippen molar-refractivity contribution in [2.24, 2.45) is 11.3 Å². The number of rotatable bonds is 4. The molecule has 1 unspecified atom stereocenters. The van der Waals surface area contributed by atoms with E-state index in [2.05, 4.69) is 5.32 Å². The lowest BCUT2D eigenvalue weighted by atomic mass is 9.71. The van der Waals surface area contributed by atoms with Gasteiger partial charge in [0.25, 0.3) is 0 Å². The van der Waals surface area contributed by atoms with Gasteiger partial charge >= 0.3 is 6.03 Å². The number of benzene rings is 1. The van der Waals surface area contributed by atoms with Crippen molar-refractivity contribution in [3.8, 4) is 5.75 Å². The van der Waals surface area contributed by atoms with E-state index in [1.165, 1.54) is 0 Å². The van der Waals surface area contributed by atoms with Gasteiger partial charge in [0.15, 0.2) is 0 Å². The average Bonchev–Trinajstić information content (AvgIpc) is 3.41. The van der Waals surface area contributed by atoms with Crippen LogP contribution in [0, 0.1) is 11.3 Å². The summed E-state index contributed by atoms with van der Waals surface area (Å²) in [5.41, 5.74) is 0.874. The molecule has 1 aromatic carbocycles. The second kappa shape index (κ2) is 8.61. The van der Waals surface area contributed by atoms with Crippen LogP contribution in [0.3, 0.4) is 0 Å². The number of ether oxygens (including phenoxy) is 2. The fraction of sp³-hybridized carbons (Fsp3) is 0.636. The molecule has 0 saturated carbocycles. The monoisotopic (exact) mass is 401 g/mol. The Hall–Kier alpha value is -2.28. The van der Waals surface area contributed by atoms with Gasteiger partial charge in [-0.2, -0.15) is 0 Å². The highest BCUT2D eigenvalue weighted by Crippen LogP contribution is 2.45. The highest BCUT2D eigenvalue weighted by Gasteiger charge is 2.52. The predicted molar refractivity (Wildman–Crippen MR) is 109 cm³/mol. The van der Waals surface area contributed by atoms with Crippen LogP contribution in [0.25, 0.3) is 0 Å². The highest BCUT2D eigenvalue weighted by molar-refractivity contribution is 5.83. The van der Waals surface area contributed by atoms with Crippen molar-refractivity contribution in [1.82, 2.24) is 15.1 Å². The molecule has 7 heteroatoms. The third kappa shape index (κ3) is 4.20. The minimum atomic E-state index is -0.143. The number of nitrogens with zero attached hydrogens (tertiary/aromatic N) is 2. The predicted octanol–water partition coefficient (Wildman–Crippen LogP) is 2.26. The maximum Gasteiger partial charge on any atom is 0.317 e. The molecule has 0 aliphatic carbocycles. The van der Waals surface area contributed by atoms with Crippen molar-refractivity contribution >= 4 is 11.9 Å². The molecule has 0 aromatic heterocycles. The molecule has 7 nitrogen and oxygen atoms in total. The van der Waals surface area contributed by atoms with Crippen molar-refractivity contribution in [1.29, 1.82) is 0 Å². The van der Waals surface area contributed by atoms with E-state index in [0.29, 0.717) is 32.8 Å². The Labute approximate surface area is 172 Å². The van der Waals surface area contributed by atoms with Gasteiger partial charge in [-0.05, 0) is 43.4 Å². The maximum absolute atomic E-state index is 13.2. The number of nitrogens with one attached hydrogen (secondary N) is 1. The fourth-order valence-electron chi connectivity index (χ4n) is 4.94. The lowest BCUT2D eigenvalue weighted by Gasteiger charge is -2.38. The minimum Gasteiger partial charge on any atom is -0.497 e. The van der Waals surface area contributed by atoms with Crippen LogP contribution in [0.5, 0.6) is 5.75 Å². The van der Waals surface area contributed by atoms with E-state index in [-0.39, 0.29) is 23.3 Å². The van der Waals surface area contributed by atoms with Crippen molar-refractivity contribution < 1.29 is 19.1 Å². The van der Waals surface area contributed by atoms with Gasteiger partial charge in [-0.25, -0.2) is 4.79 Å². The zero-order chi connectivity index (χ0) is 20.3. The van der Waals surface area contributed by atoms with Gasteiger partial charge < -0.3 is 24.6 Å². The molecule has 1 spiro atoms. The third-order valence-electron chi connectivity index (χ3n) is 6.74. The van der Waals surface area contributed by atoms with E-state index in [4.69, 9.17) is 9.47 Å². The summed E-state index contributed by atoms with van der Waals surface area (Å²) in [5.74, 6) is 0.912.